The zero-order valence-corrected chi connectivity index (χ0v) is 19.6. The van der Waals surface area contributed by atoms with Crippen molar-refractivity contribution in [1.82, 2.24) is 5.32 Å². The molecule has 2 amide bonds. The molecular weight excluding hydrogens is 466 g/mol. The van der Waals surface area contributed by atoms with Gasteiger partial charge in [-0.1, -0.05) is 25.0 Å². The minimum atomic E-state index is -1.11. The summed E-state index contributed by atoms with van der Waals surface area (Å²) >= 11 is 0. The van der Waals surface area contributed by atoms with Crippen molar-refractivity contribution in [3.8, 4) is 11.5 Å². The van der Waals surface area contributed by atoms with Gasteiger partial charge in [-0.15, -0.1) is 0 Å². The van der Waals surface area contributed by atoms with Crippen molar-refractivity contribution in [3.05, 3.63) is 89.5 Å². The zero-order valence-electron chi connectivity index (χ0n) is 19.6. The van der Waals surface area contributed by atoms with E-state index in [1.54, 1.807) is 18.2 Å². The number of nitrogens with one attached hydrogen (secondary N) is 1. The van der Waals surface area contributed by atoms with Crippen LogP contribution in [0.15, 0.2) is 66.7 Å². The summed E-state index contributed by atoms with van der Waals surface area (Å²) in [6, 6.07) is 14.6. The first-order valence-corrected chi connectivity index (χ1v) is 12.0. The molecule has 1 N–H and O–H groups in total. The third-order valence-corrected chi connectivity index (χ3v) is 6.51. The first-order chi connectivity index (χ1) is 17.5. The molecule has 0 aromatic heterocycles. The summed E-state index contributed by atoms with van der Waals surface area (Å²) in [7, 11) is 0. The molecule has 0 radical (unpaired) electrons. The molecule has 36 heavy (non-hydrogen) atoms. The van der Waals surface area contributed by atoms with Crippen LogP contribution in [0.25, 0.3) is 0 Å². The smallest absolute Gasteiger partial charge is 0.259 e. The van der Waals surface area contributed by atoms with Crippen molar-refractivity contribution in [3.63, 3.8) is 0 Å². The van der Waals surface area contributed by atoms with Crippen LogP contribution < -0.4 is 19.7 Å². The van der Waals surface area contributed by atoms with Crippen molar-refractivity contribution in [2.24, 2.45) is 0 Å². The van der Waals surface area contributed by atoms with E-state index in [0.717, 1.165) is 25.7 Å². The molecule has 6 nitrogen and oxygen atoms in total. The SMILES string of the molecule is O=C(NC1CCCC1)C(c1ccc(F)cc1)N(C(=O)c1ccc2c(c1)OCCO2)c1ccc(F)cc1. The highest BCUT2D eigenvalue weighted by Crippen LogP contribution is 2.35. The fourth-order valence-electron chi connectivity index (χ4n) is 4.71. The minimum absolute atomic E-state index is 0.0000820. The lowest BCUT2D eigenvalue weighted by molar-refractivity contribution is -0.123. The van der Waals surface area contributed by atoms with Crippen LogP contribution in [-0.2, 0) is 4.79 Å². The molecule has 3 aromatic rings. The Bertz CT molecular complexity index is 1240. The van der Waals surface area contributed by atoms with Crippen LogP contribution in [0.4, 0.5) is 14.5 Å². The third-order valence-electron chi connectivity index (χ3n) is 6.51. The third kappa shape index (κ3) is 5.03. The van der Waals surface area contributed by atoms with Gasteiger partial charge in [-0.2, -0.15) is 0 Å². The molecule has 1 atom stereocenters. The molecule has 1 saturated carbocycles. The van der Waals surface area contributed by atoms with Gasteiger partial charge >= 0.3 is 0 Å². The molecule has 0 saturated heterocycles. The van der Waals surface area contributed by atoms with E-state index in [0.29, 0.717) is 36.0 Å². The Morgan fingerprint density at radius 2 is 1.44 bits per heavy atom. The molecule has 8 heteroatoms. The Morgan fingerprint density at radius 3 is 2.11 bits per heavy atom. The van der Waals surface area contributed by atoms with Crippen molar-refractivity contribution in [2.75, 3.05) is 18.1 Å². The maximum absolute atomic E-state index is 14.0. The molecule has 1 aliphatic heterocycles. The Kier molecular flexibility index (Phi) is 6.84. The minimum Gasteiger partial charge on any atom is -0.486 e. The number of hydrogen-bond donors (Lipinski definition) is 1. The van der Waals surface area contributed by atoms with Crippen molar-refractivity contribution in [1.29, 1.82) is 0 Å². The summed E-state index contributed by atoms with van der Waals surface area (Å²) in [5.74, 6) is -0.849. The first kappa shape index (κ1) is 23.8. The Balaban J connectivity index is 1.59. The van der Waals surface area contributed by atoms with Crippen LogP contribution in [0.5, 0.6) is 11.5 Å². The molecule has 3 aromatic carbocycles. The van der Waals surface area contributed by atoms with Crippen LogP contribution in [0.2, 0.25) is 0 Å². The zero-order chi connectivity index (χ0) is 25.1. The molecule has 1 aliphatic carbocycles. The average Bonchev–Trinajstić information content (AvgIpc) is 3.41. The van der Waals surface area contributed by atoms with Crippen LogP contribution in [-0.4, -0.2) is 31.1 Å². The second kappa shape index (κ2) is 10.4. The second-order valence-electron chi connectivity index (χ2n) is 8.95. The van der Waals surface area contributed by atoms with E-state index < -0.39 is 23.6 Å². The highest BCUT2D eigenvalue weighted by Gasteiger charge is 2.35. The van der Waals surface area contributed by atoms with Gasteiger partial charge in [0.1, 0.15) is 30.9 Å². The number of fused-ring (bicyclic) bond motifs is 1. The number of anilines is 1. The first-order valence-electron chi connectivity index (χ1n) is 12.0. The van der Waals surface area contributed by atoms with Gasteiger partial charge < -0.3 is 14.8 Å². The van der Waals surface area contributed by atoms with Gasteiger partial charge in [-0.05, 0) is 73.0 Å². The lowest BCUT2D eigenvalue weighted by Crippen LogP contribution is -2.46. The quantitative estimate of drug-likeness (QED) is 0.515. The number of rotatable bonds is 6. The van der Waals surface area contributed by atoms with E-state index in [-0.39, 0.29) is 17.5 Å². The lowest BCUT2D eigenvalue weighted by atomic mass is 10.0. The maximum atomic E-state index is 14.0. The van der Waals surface area contributed by atoms with Crippen LogP contribution >= 0.6 is 0 Å². The fraction of sp³-hybridized carbons (Fsp3) is 0.286. The van der Waals surface area contributed by atoms with Crippen LogP contribution in [0.3, 0.4) is 0 Å². The number of nitrogens with zero attached hydrogens (tertiary/aromatic N) is 1. The predicted molar refractivity (Wildman–Crippen MR) is 130 cm³/mol. The summed E-state index contributed by atoms with van der Waals surface area (Å²) < 4.78 is 38.8. The molecule has 1 heterocycles. The number of ether oxygens (including phenoxy) is 2. The van der Waals surface area contributed by atoms with Gasteiger partial charge in [0.2, 0.25) is 5.91 Å². The summed E-state index contributed by atoms with van der Waals surface area (Å²) in [5.41, 5.74) is 1.03. The summed E-state index contributed by atoms with van der Waals surface area (Å²) in [6.45, 7) is 0.768. The van der Waals surface area contributed by atoms with Crippen LogP contribution in [0, 0.1) is 11.6 Å². The van der Waals surface area contributed by atoms with E-state index in [2.05, 4.69) is 5.32 Å². The second-order valence-corrected chi connectivity index (χ2v) is 8.95. The van der Waals surface area contributed by atoms with Crippen molar-refractivity contribution >= 4 is 17.5 Å². The van der Waals surface area contributed by atoms with E-state index >= 15 is 0 Å². The van der Waals surface area contributed by atoms with Gasteiger partial charge in [0.25, 0.3) is 5.91 Å². The molecular formula is C28H26F2N2O4. The molecule has 5 rings (SSSR count). The van der Waals surface area contributed by atoms with Gasteiger partial charge in [0.15, 0.2) is 11.5 Å². The maximum Gasteiger partial charge on any atom is 0.259 e. The van der Waals surface area contributed by atoms with Gasteiger partial charge in [0, 0.05) is 17.3 Å². The average molecular weight is 493 g/mol. The van der Waals surface area contributed by atoms with Gasteiger partial charge in [-0.3, -0.25) is 14.5 Å². The molecule has 0 spiro atoms. The van der Waals surface area contributed by atoms with Crippen LogP contribution in [0.1, 0.15) is 47.6 Å². The monoisotopic (exact) mass is 492 g/mol. The van der Waals surface area contributed by atoms with Gasteiger partial charge in [0.05, 0.1) is 0 Å². The predicted octanol–water partition coefficient (Wildman–Crippen LogP) is 5.18. The molecule has 2 aliphatic rings. The molecule has 1 fully saturated rings. The molecule has 0 bridgehead atoms. The largest absolute Gasteiger partial charge is 0.486 e. The topological polar surface area (TPSA) is 67.9 Å². The van der Waals surface area contributed by atoms with Crippen molar-refractivity contribution < 1.29 is 27.8 Å². The standard InChI is InChI=1S/C28H26F2N2O4/c29-20-8-5-18(6-9-20)26(27(33)31-22-3-1-2-4-22)32(23-12-10-21(30)11-13-23)28(34)19-7-14-24-25(17-19)36-16-15-35-24/h5-14,17,22,26H,1-4,15-16H2,(H,31,33). The Morgan fingerprint density at radius 1 is 0.833 bits per heavy atom. The highest BCUT2D eigenvalue weighted by molar-refractivity contribution is 6.10. The molecule has 186 valence electrons. The number of carbonyl (C=O) groups is 2. The fourth-order valence-corrected chi connectivity index (χ4v) is 4.71. The number of benzene rings is 3. The number of halogens is 2. The normalized spacial score (nSPS) is 15.8. The Hall–Kier alpha value is -3.94. The van der Waals surface area contributed by atoms with E-state index in [4.69, 9.17) is 9.47 Å². The van der Waals surface area contributed by atoms with E-state index in [9.17, 15) is 18.4 Å². The van der Waals surface area contributed by atoms with Crippen molar-refractivity contribution in [2.45, 2.75) is 37.8 Å². The number of carbonyl (C=O) groups excluding carboxylic acids is 2. The summed E-state index contributed by atoms with van der Waals surface area (Å²) in [5, 5.41) is 3.06. The number of hydrogen-bond acceptors (Lipinski definition) is 4. The lowest BCUT2D eigenvalue weighted by Gasteiger charge is -2.32. The molecule has 1 unspecified atom stereocenters. The summed E-state index contributed by atoms with van der Waals surface area (Å²) in [4.78, 5) is 29.1. The van der Waals surface area contributed by atoms with Gasteiger partial charge in [-0.25, -0.2) is 8.78 Å². The van der Waals surface area contributed by atoms with E-state index in [1.165, 1.54) is 53.4 Å². The summed E-state index contributed by atoms with van der Waals surface area (Å²) in [6.07, 6.45) is 3.75. The number of amides is 2. The Labute approximate surface area is 207 Å². The highest BCUT2D eigenvalue weighted by atomic mass is 19.1. The van der Waals surface area contributed by atoms with E-state index in [1.807, 2.05) is 0 Å².